The Morgan fingerprint density at radius 2 is 1.70 bits per heavy atom. The van der Waals surface area contributed by atoms with Crippen molar-refractivity contribution < 1.29 is 18.0 Å². The lowest BCUT2D eigenvalue weighted by Crippen LogP contribution is -2.35. The van der Waals surface area contributed by atoms with E-state index in [1.165, 1.54) is 12.3 Å². The van der Waals surface area contributed by atoms with Crippen molar-refractivity contribution in [2.45, 2.75) is 11.8 Å². The molecule has 30 heavy (non-hydrogen) atoms. The minimum Gasteiger partial charge on any atom is -0.350 e. The number of thiophene rings is 1. The highest BCUT2D eigenvalue weighted by Crippen LogP contribution is 2.24. The second kappa shape index (κ2) is 9.51. The molecule has 3 aromatic rings. The molecule has 0 aliphatic heterocycles. The molecule has 0 spiro atoms. The number of carbonyl (C=O) groups is 2. The Balaban J connectivity index is 1.58. The number of nitrogens with zero attached hydrogens (tertiary/aromatic N) is 1. The van der Waals surface area contributed by atoms with Crippen LogP contribution in [0.4, 0.5) is 5.69 Å². The van der Waals surface area contributed by atoms with Crippen LogP contribution >= 0.6 is 11.3 Å². The third kappa shape index (κ3) is 5.43. The molecular formula is C20H20N4O4S2. The zero-order valence-corrected chi connectivity index (χ0v) is 17.7. The van der Waals surface area contributed by atoms with Crippen LogP contribution in [0, 0.1) is 6.92 Å². The Hall–Kier alpha value is -3.24. The van der Waals surface area contributed by atoms with Gasteiger partial charge in [-0.1, -0.05) is 17.7 Å². The Morgan fingerprint density at radius 3 is 2.37 bits per heavy atom. The molecular weight excluding hydrogens is 424 g/mol. The summed E-state index contributed by atoms with van der Waals surface area (Å²) in [5, 5.41) is 6.83. The van der Waals surface area contributed by atoms with Gasteiger partial charge in [0.25, 0.3) is 21.8 Å². The number of aromatic nitrogens is 1. The summed E-state index contributed by atoms with van der Waals surface area (Å²) in [5.74, 6) is -0.830. The van der Waals surface area contributed by atoms with E-state index in [2.05, 4.69) is 20.3 Å². The number of anilines is 1. The minimum absolute atomic E-state index is 0.0770. The van der Waals surface area contributed by atoms with E-state index >= 15 is 0 Å². The molecule has 0 saturated carbocycles. The van der Waals surface area contributed by atoms with Crippen LogP contribution in [-0.2, 0) is 10.0 Å². The first-order chi connectivity index (χ1) is 14.4. The van der Waals surface area contributed by atoms with Gasteiger partial charge in [-0.15, -0.1) is 11.3 Å². The Kier molecular flexibility index (Phi) is 6.80. The van der Waals surface area contributed by atoms with Crippen LogP contribution in [0.15, 0.2) is 65.1 Å². The number of sulfonamides is 1. The lowest BCUT2D eigenvalue weighted by Gasteiger charge is -2.10. The van der Waals surface area contributed by atoms with Crippen molar-refractivity contribution in [3.63, 3.8) is 0 Å². The molecule has 3 N–H and O–H groups in total. The predicted molar refractivity (Wildman–Crippen MR) is 115 cm³/mol. The van der Waals surface area contributed by atoms with E-state index in [9.17, 15) is 18.0 Å². The third-order valence-corrected chi connectivity index (χ3v) is 6.51. The summed E-state index contributed by atoms with van der Waals surface area (Å²) in [4.78, 5) is 28.3. The largest absolute Gasteiger partial charge is 0.350 e. The van der Waals surface area contributed by atoms with E-state index in [0.717, 1.165) is 16.9 Å². The first-order valence-corrected chi connectivity index (χ1v) is 11.4. The quantitative estimate of drug-likeness (QED) is 0.461. The standard InChI is InChI=1S/C20H20N4O4S2/c1-14-4-6-16(7-5-14)24-30(27,28)17-8-12-29-18(17)20(26)23-11-10-22-19(25)15-3-2-9-21-13-15/h2-9,12-13,24H,10-11H2,1H3,(H,22,25)(H,23,26). The number of amides is 2. The van der Waals surface area contributed by atoms with Crippen LogP contribution in [-0.4, -0.2) is 38.3 Å². The van der Waals surface area contributed by atoms with Crippen molar-refractivity contribution >= 4 is 38.9 Å². The molecule has 2 amide bonds. The van der Waals surface area contributed by atoms with Crippen molar-refractivity contribution in [3.05, 3.63) is 76.2 Å². The van der Waals surface area contributed by atoms with Crippen LogP contribution in [0.5, 0.6) is 0 Å². The summed E-state index contributed by atoms with van der Waals surface area (Å²) in [7, 11) is -3.92. The van der Waals surface area contributed by atoms with E-state index in [-0.39, 0.29) is 28.8 Å². The number of hydrogen-bond donors (Lipinski definition) is 3. The molecule has 0 atom stereocenters. The Labute approximate surface area is 178 Å². The molecule has 0 bridgehead atoms. The molecule has 2 aromatic heterocycles. The van der Waals surface area contributed by atoms with Crippen LogP contribution in [0.3, 0.4) is 0 Å². The van der Waals surface area contributed by atoms with Gasteiger partial charge in [0.2, 0.25) is 0 Å². The highest BCUT2D eigenvalue weighted by molar-refractivity contribution is 7.93. The first kappa shape index (κ1) is 21.5. The summed E-state index contributed by atoms with van der Waals surface area (Å²) in [6.07, 6.45) is 3.01. The normalized spacial score (nSPS) is 11.0. The van der Waals surface area contributed by atoms with E-state index in [0.29, 0.717) is 11.3 Å². The first-order valence-electron chi connectivity index (χ1n) is 9.00. The van der Waals surface area contributed by atoms with Crippen LogP contribution < -0.4 is 15.4 Å². The van der Waals surface area contributed by atoms with Crippen molar-refractivity contribution in [1.82, 2.24) is 15.6 Å². The predicted octanol–water partition coefficient (Wildman–Crippen LogP) is 2.41. The maximum atomic E-state index is 12.7. The topological polar surface area (TPSA) is 117 Å². The van der Waals surface area contributed by atoms with Crippen molar-refractivity contribution in [2.75, 3.05) is 17.8 Å². The molecule has 2 heterocycles. The maximum absolute atomic E-state index is 12.7. The number of carbonyl (C=O) groups excluding carboxylic acids is 2. The van der Waals surface area contributed by atoms with Gasteiger partial charge in [0.05, 0.1) is 5.56 Å². The van der Waals surface area contributed by atoms with Gasteiger partial charge in [-0.25, -0.2) is 8.42 Å². The zero-order valence-electron chi connectivity index (χ0n) is 16.1. The lowest BCUT2D eigenvalue weighted by atomic mass is 10.2. The molecule has 8 nitrogen and oxygen atoms in total. The number of pyridine rings is 1. The summed E-state index contributed by atoms with van der Waals surface area (Å²) >= 11 is 1.03. The van der Waals surface area contributed by atoms with Crippen molar-refractivity contribution in [2.24, 2.45) is 0 Å². The SMILES string of the molecule is Cc1ccc(NS(=O)(=O)c2ccsc2C(=O)NCCNC(=O)c2cccnc2)cc1. The van der Waals surface area contributed by atoms with E-state index in [1.54, 1.807) is 48.0 Å². The monoisotopic (exact) mass is 444 g/mol. The van der Waals surface area contributed by atoms with E-state index in [4.69, 9.17) is 0 Å². The van der Waals surface area contributed by atoms with Gasteiger partial charge in [-0.05, 0) is 42.6 Å². The van der Waals surface area contributed by atoms with E-state index < -0.39 is 15.9 Å². The summed E-state index contributed by atoms with van der Waals surface area (Å²) in [6, 6.07) is 11.6. The molecule has 0 saturated heterocycles. The summed E-state index contributed by atoms with van der Waals surface area (Å²) in [6.45, 7) is 2.24. The van der Waals surface area contributed by atoms with Gasteiger partial charge < -0.3 is 10.6 Å². The van der Waals surface area contributed by atoms with Crippen LogP contribution in [0.2, 0.25) is 0 Å². The second-order valence-corrected chi connectivity index (χ2v) is 8.91. The molecule has 0 fully saturated rings. The van der Waals surface area contributed by atoms with Crippen LogP contribution in [0.1, 0.15) is 25.6 Å². The Morgan fingerprint density at radius 1 is 1.00 bits per heavy atom. The van der Waals surface area contributed by atoms with Crippen molar-refractivity contribution in [3.8, 4) is 0 Å². The third-order valence-electron chi connectivity index (χ3n) is 4.05. The van der Waals surface area contributed by atoms with E-state index in [1.807, 2.05) is 6.92 Å². The molecule has 0 radical (unpaired) electrons. The minimum atomic E-state index is -3.92. The summed E-state index contributed by atoms with van der Waals surface area (Å²) < 4.78 is 27.9. The molecule has 1 aromatic carbocycles. The second-order valence-electron chi connectivity index (χ2n) is 6.34. The van der Waals surface area contributed by atoms with Gasteiger partial charge in [0.15, 0.2) is 0 Å². The molecule has 0 unspecified atom stereocenters. The molecule has 3 rings (SSSR count). The number of benzene rings is 1. The average Bonchev–Trinajstić information content (AvgIpc) is 3.24. The highest BCUT2D eigenvalue weighted by atomic mass is 32.2. The number of aryl methyl sites for hydroxylation is 1. The maximum Gasteiger partial charge on any atom is 0.263 e. The van der Waals surface area contributed by atoms with Gasteiger partial charge in [-0.2, -0.15) is 0 Å². The smallest absolute Gasteiger partial charge is 0.263 e. The number of hydrogen-bond acceptors (Lipinski definition) is 6. The molecule has 156 valence electrons. The van der Waals surface area contributed by atoms with Crippen LogP contribution in [0.25, 0.3) is 0 Å². The average molecular weight is 445 g/mol. The van der Waals surface area contributed by atoms with Gasteiger partial charge in [0, 0.05) is 31.2 Å². The highest BCUT2D eigenvalue weighted by Gasteiger charge is 2.24. The zero-order chi connectivity index (χ0) is 21.6. The van der Waals surface area contributed by atoms with Gasteiger partial charge in [0.1, 0.15) is 9.77 Å². The van der Waals surface area contributed by atoms with Gasteiger partial charge >= 0.3 is 0 Å². The fourth-order valence-electron chi connectivity index (χ4n) is 2.54. The molecule has 10 heteroatoms. The lowest BCUT2D eigenvalue weighted by molar-refractivity contribution is 0.0928. The van der Waals surface area contributed by atoms with Crippen molar-refractivity contribution in [1.29, 1.82) is 0 Å². The molecule has 0 aliphatic rings. The number of rotatable bonds is 8. The summed E-state index contributed by atoms with van der Waals surface area (Å²) in [5.41, 5.74) is 1.83. The van der Waals surface area contributed by atoms with Gasteiger partial charge in [-0.3, -0.25) is 19.3 Å². The fourth-order valence-corrected chi connectivity index (χ4v) is 4.94. The Bertz CT molecular complexity index is 1130. The molecule has 0 aliphatic carbocycles. The fraction of sp³-hybridized carbons (Fsp3) is 0.150. The number of nitrogens with one attached hydrogen (secondary N) is 3.